The number of rotatable bonds is 5. The van der Waals surface area contributed by atoms with Crippen molar-refractivity contribution in [3.8, 4) is 6.07 Å². The highest BCUT2D eigenvalue weighted by molar-refractivity contribution is 7.89. The normalized spacial score (nSPS) is 21.0. The zero-order chi connectivity index (χ0) is 24.6. The third kappa shape index (κ3) is 4.52. The van der Waals surface area contributed by atoms with Gasteiger partial charge in [-0.1, -0.05) is 18.2 Å². The van der Waals surface area contributed by atoms with Gasteiger partial charge in [0.15, 0.2) is 0 Å². The summed E-state index contributed by atoms with van der Waals surface area (Å²) in [5.74, 6) is 0.0454. The standard InChI is InChI=1S/C24H26F3N3O3S/c1-33-16-19-15-29(20-8-7-18(14-28)22(13-20)24(25,26)27)17-23(19)9-11-30(12-10-23)34(31,32)21-5-3-2-4-6-21/h2-8,13,19H,9-12,15-17H2,1H3. The molecule has 0 saturated carbocycles. The van der Waals surface area contributed by atoms with E-state index in [1.54, 1.807) is 49.6 Å². The third-order valence-corrected chi connectivity index (χ3v) is 8.99. The van der Waals surface area contributed by atoms with Gasteiger partial charge in [-0.25, -0.2) is 8.42 Å². The highest BCUT2D eigenvalue weighted by Gasteiger charge is 2.49. The largest absolute Gasteiger partial charge is 0.417 e. The van der Waals surface area contributed by atoms with Crippen LogP contribution in [-0.4, -0.2) is 52.6 Å². The third-order valence-electron chi connectivity index (χ3n) is 7.07. The van der Waals surface area contributed by atoms with E-state index >= 15 is 0 Å². The molecule has 34 heavy (non-hydrogen) atoms. The number of anilines is 1. The number of hydrogen-bond acceptors (Lipinski definition) is 5. The maximum Gasteiger partial charge on any atom is 0.417 e. The van der Waals surface area contributed by atoms with Crippen LogP contribution >= 0.6 is 0 Å². The molecule has 1 atom stereocenters. The Bertz CT molecular complexity index is 1170. The van der Waals surface area contributed by atoms with Gasteiger partial charge in [0.25, 0.3) is 0 Å². The molecule has 0 N–H and O–H groups in total. The number of piperidine rings is 1. The minimum atomic E-state index is -4.62. The van der Waals surface area contributed by atoms with Crippen LogP contribution in [0, 0.1) is 22.7 Å². The molecule has 0 aromatic heterocycles. The minimum absolute atomic E-state index is 0.0454. The van der Waals surface area contributed by atoms with Crippen molar-refractivity contribution in [2.75, 3.05) is 44.8 Å². The second-order valence-corrected chi connectivity index (χ2v) is 10.9. The molecule has 1 unspecified atom stereocenters. The Morgan fingerprint density at radius 3 is 2.41 bits per heavy atom. The van der Waals surface area contributed by atoms with Crippen LogP contribution in [-0.2, 0) is 20.9 Å². The molecule has 4 rings (SSSR count). The highest BCUT2D eigenvalue weighted by atomic mass is 32.2. The van der Waals surface area contributed by atoms with E-state index in [1.165, 1.54) is 10.4 Å². The van der Waals surface area contributed by atoms with Crippen LogP contribution < -0.4 is 4.90 Å². The van der Waals surface area contributed by atoms with Gasteiger partial charge in [0.1, 0.15) is 0 Å². The first-order chi connectivity index (χ1) is 16.1. The number of ether oxygens (including phenoxy) is 1. The zero-order valence-corrected chi connectivity index (χ0v) is 19.6. The van der Waals surface area contributed by atoms with Crippen molar-refractivity contribution in [2.45, 2.75) is 23.9 Å². The summed E-state index contributed by atoms with van der Waals surface area (Å²) < 4.78 is 73.5. The average molecular weight is 494 g/mol. The summed E-state index contributed by atoms with van der Waals surface area (Å²) in [5.41, 5.74) is -1.22. The predicted molar refractivity (Wildman–Crippen MR) is 121 cm³/mol. The number of nitriles is 1. The molecule has 182 valence electrons. The Morgan fingerprint density at radius 1 is 1.15 bits per heavy atom. The van der Waals surface area contributed by atoms with E-state index in [4.69, 9.17) is 10.00 Å². The number of sulfonamides is 1. The number of hydrogen-bond donors (Lipinski definition) is 0. The van der Waals surface area contributed by atoms with E-state index in [0.717, 1.165) is 6.07 Å². The molecule has 2 heterocycles. The Hall–Kier alpha value is -2.61. The Morgan fingerprint density at radius 2 is 1.82 bits per heavy atom. The summed E-state index contributed by atoms with van der Waals surface area (Å²) in [5, 5.41) is 9.09. The van der Waals surface area contributed by atoms with Gasteiger partial charge in [0.05, 0.1) is 28.7 Å². The summed E-state index contributed by atoms with van der Waals surface area (Å²) in [7, 11) is -2.01. The quantitative estimate of drug-likeness (QED) is 0.626. The molecule has 2 fully saturated rings. The first-order valence-corrected chi connectivity index (χ1v) is 12.5. The van der Waals surface area contributed by atoms with Crippen molar-refractivity contribution in [3.63, 3.8) is 0 Å². The van der Waals surface area contributed by atoms with Crippen LogP contribution in [0.3, 0.4) is 0 Å². The topological polar surface area (TPSA) is 73.6 Å². The van der Waals surface area contributed by atoms with Crippen molar-refractivity contribution in [1.29, 1.82) is 5.26 Å². The average Bonchev–Trinajstić information content (AvgIpc) is 3.16. The maximum atomic E-state index is 13.5. The highest BCUT2D eigenvalue weighted by Crippen LogP contribution is 2.47. The van der Waals surface area contributed by atoms with Crippen molar-refractivity contribution >= 4 is 15.7 Å². The molecule has 2 aromatic carbocycles. The molecule has 1 spiro atoms. The van der Waals surface area contributed by atoms with Gasteiger partial charge in [0, 0.05) is 44.9 Å². The van der Waals surface area contributed by atoms with Crippen molar-refractivity contribution in [3.05, 3.63) is 59.7 Å². The van der Waals surface area contributed by atoms with Gasteiger partial charge < -0.3 is 9.64 Å². The van der Waals surface area contributed by atoms with Crippen LogP contribution in [0.2, 0.25) is 0 Å². The number of benzene rings is 2. The summed E-state index contributed by atoms with van der Waals surface area (Å²) in [4.78, 5) is 2.16. The molecule has 10 heteroatoms. The van der Waals surface area contributed by atoms with E-state index in [-0.39, 0.29) is 16.2 Å². The van der Waals surface area contributed by atoms with Gasteiger partial charge >= 0.3 is 6.18 Å². The molecule has 0 bridgehead atoms. The molecule has 0 radical (unpaired) electrons. The van der Waals surface area contributed by atoms with Crippen LogP contribution in [0.4, 0.5) is 18.9 Å². The summed E-state index contributed by atoms with van der Waals surface area (Å²) in [6.45, 7) is 2.12. The first-order valence-electron chi connectivity index (χ1n) is 11.0. The monoisotopic (exact) mass is 493 g/mol. The van der Waals surface area contributed by atoms with Crippen LogP contribution in [0.15, 0.2) is 53.4 Å². The fourth-order valence-electron chi connectivity index (χ4n) is 5.20. The molecular weight excluding hydrogens is 467 g/mol. The molecular formula is C24H26F3N3O3S. The van der Waals surface area contributed by atoms with Crippen LogP contribution in [0.1, 0.15) is 24.0 Å². The summed E-state index contributed by atoms with van der Waals surface area (Å²) in [6.07, 6.45) is -3.44. The number of alkyl halides is 3. The number of halogens is 3. The lowest BCUT2D eigenvalue weighted by Gasteiger charge is -2.41. The van der Waals surface area contributed by atoms with E-state index in [2.05, 4.69) is 0 Å². The minimum Gasteiger partial charge on any atom is -0.384 e. The van der Waals surface area contributed by atoms with Crippen LogP contribution in [0.5, 0.6) is 0 Å². The van der Waals surface area contributed by atoms with Crippen molar-refractivity contribution in [1.82, 2.24) is 4.31 Å². The molecule has 2 aromatic rings. The Balaban J connectivity index is 1.57. The molecule has 2 saturated heterocycles. The Labute approximate surface area is 197 Å². The summed E-state index contributed by atoms with van der Waals surface area (Å²) >= 11 is 0. The van der Waals surface area contributed by atoms with Gasteiger partial charge in [-0.3, -0.25) is 0 Å². The lowest BCUT2D eigenvalue weighted by atomic mass is 9.71. The lowest BCUT2D eigenvalue weighted by Crippen LogP contribution is -2.47. The van der Waals surface area contributed by atoms with Crippen LogP contribution in [0.25, 0.3) is 0 Å². The van der Waals surface area contributed by atoms with Gasteiger partial charge in [0.2, 0.25) is 10.0 Å². The molecule has 2 aliphatic heterocycles. The van der Waals surface area contributed by atoms with E-state index < -0.39 is 27.3 Å². The predicted octanol–water partition coefficient (Wildman–Crippen LogP) is 4.13. The second-order valence-electron chi connectivity index (χ2n) is 8.95. The lowest BCUT2D eigenvalue weighted by molar-refractivity contribution is -0.137. The SMILES string of the molecule is COCC1CN(c2ccc(C#N)c(C(F)(F)F)c2)CC12CCN(S(=O)(=O)c1ccccc1)CC2. The molecule has 0 aliphatic carbocycles. The van der Waals surface area contributed by atoms with E-state index in [1.807, 2.05) is 4.90 Å². The number of methoxy groups -OCH3 is 1. The van der Waals surface area contributed by atoms with Crippen molar-refractivity contribution in [2.24, 2.45) is 11.3 Å². The first kappa shape index (κ1) is 24.5. The smallest absolute Gasteiger partial charge is 0.384 e. The fourth-order valence-corrected chi connectivity index (χ4v) is 6.66. The second kappa shape index (κ2) is 9.21. The maximum absolute atomic E-state index is 13.5. The van der Waals surface area contributed by atoms with Gasteiger partial charge in [-0.05, 0) is 48.6 Å². The van der Waals surface area contributed by atoms with Gasteiger partial charge in [-0.2, -0.15) is 22.7 Å². The van der Waals surface area contributed by atoms with E-state index in [0.29, 0.717) is 51.3 Å². The fraction of sp³-hybridized carbons (Fsp3) is 0.458. The van der Waals surface area contributed by atoms with Gasteiger partial charge in [-0.15, -0.1) is 0 Å². The van der Waals surface area contributed by atoms with Crippen molar-refractivity contribution < 1.29 is 26.3 Å². The zero-order valence-electron chi connectivity index (χ0n) is 18.8. The van der Waals surface area contributed by atoms with E-state index in [9.17, 15) is 21.6 Å². The number of nitrogens with zero attached hydrogens (tertiary/aromatic N) is 3. The summed E-state index contributed by atoms with van der Waals surface area (Å²) in [6, 6.07) is 13.7. The molecule has 2 aliphatic rings. The molecule has 6 nitrogen and oxygen atoms in total. The Kier molecular flexibility index (Phi) is 6.64. The molecule has 0 amide bonds.